The summed E-state index contributed by atoms with van der Waals surface area (Å²) in [5, 5.41) is 1.82. The number of esters is 1. The number of ether oxygens (including phenoxy) is 1. The molecular formula is C29H22F10N2O4. The molecule has 0 heterocycles. The van der Waals surface area contributed by atoms with E-state index in [-0.39, 0.29) is 30.3 Å². The standard InChI is InChI=1S/C29H22F10N2O4/c1-16-13-19(26(30,28(34,35)36)29(37,38)39)15-21(27(31,32)33)23(16)40-24(43)18-9-6-10-20(14-18)41(12-11-22(42)45-2)25(44)17-7-4-3-5-8-17/h3-10,13-15H,11-12H2,1-2H3,(H,40,43). The zero-order valence-electron chi connectivity index (χ0n) is 23.1. The van der Waals surface area contributed by atoms with Crippen LogP contribution in [0.15, 0.2) is 66.7 Å². The predicted molar refractivity (Wildman–Crippen MR) is 140 cm³/mol. The first-order valence-electron chi connectivity index (χ1n) is 12.6. The number of amides is 2. The molecule has 0 aliphatic rings. The largest absolute Gasteiger partial charge is 0.469 e. The number of carbonyl (C=O) groups is 3. The van der Waals surface area contributed by atoms with Gasteiger partial charge < -0.3 is 15.0 Å². The summed E-state index contributed by atoms with van der Waals surface area (Å²) < 4.78 is 141. The van der Waals surface area contributed by atoms with E-state index in [0.29, 0.717) is 6.92 Å². The van der Waals surface area contributed by atoms with Gasteiger partial charge in [0.25, 0.3) is 11.8 Å². The zero-order valence-corrected chi connectivity index (χ0v) is 23.1. The van der Waals surface area contributed by atoms with Crippen molar-refractivity contribution in [1.82, 2.24) is 0 Å². The van der Waals surface area contributed by atoms with E-state index in [4.69, 9.17) is 0 Å². The number of nitrogens with zero attached hydrogens (tertiary/aromatic N) is 1. The number of nitrogens with one attached hydrogen (secondary N) is 1. The molecule has 3 aromatic carbocycles. The van der Waals surface area contributed by atoms with Crippen LogP contribution in [0, 0.1) is 6.92 Å². The molecule has 0 fully saturated rings. The van der Waals surface area contributed by atoms with Crippen molar-refractivity contribution >= 4 is 29.2 Å². The fourth-order valence-corrected chi connectivity index (χ4v) is 4.25. The Morgan fingerprint density at radius 3 is 1.89 bits per heavy atom. The van der Waals surface area contributed by atoms with Crippen molar-refractivity contribution in [3.8, 4) is 0 Å². The van der Waals surface area contributed by atoms with E-state index in [0.717, 1.165) is 24.1 Å². The molecule has 45 heavy (non-hydrogen) atoms. The Labute approximate surface area is 248 Å². The molecule has 6 nitrogen and oxygen atoms in total. The molecule has 0 saturated carbocycles. The van der Waals surface area contributed by atoms with Gasteiger partial charge in [-0.05, 0) is 48.9 Å². The number of methoxy groups -OCH3 is 1. The van der Waals surface area contributed by atoms with Crippen molar-refractivity contribution < 1.29 is 63.0 Å². The Kier molecular flexibility index (Phi) is 9.89. The Morgan fingerprint density at radius 1 is 0.778 bits per heavy atom. The van der Waals surface area contributed by atoms with Crippen molar-refractivity contribution in [3.63, 3.8) is 0 Å². The van der Waals surface area contributed by atoms with Gasteiger partial charge in [0.05, 0.1) is 24.8 Å². The minimum Gasteiger partial charge on any atom is -0.469 e. The van der Waals surface area contributed by atoms with Crippen LogP contribution in [0.5, 0.6) is 0 Å². The van der Waals surface area contributed by atoms with Crippen LogP contribution in [0.3, 0.4) is 0 Å². The Balaban J connectivity index is 2.07. The molecule has 0 atom stereocenters. The summed E-state index contributed by atoms with van der Waals surface area (Å²) in [5.41, 5.74) is -13.1. The highest BCUT2D eigenvalue weighted by Gasteiger charge is 2.73. The normalized spacial score (nSPS) is 12.4. The van der Waals surface area contributed by atoms with Crippen LogP contribution >= 0.6 is 0 Å². The van der Waals surface area contributed by atoms with Crippen molar-refractivity contribution in [2.24, 2.45) is 0 Å². The van der Waals surface area contributed by atoms with Gasteiger partial charge in [0.15, 0.2) is 0 Å². The fourth-order valence-electron chi connectivity index (χ4n) is 4.25. The molecule has 3 rings (SSSR count). The third-order valence-electron chi connectivity index (χ3n) is 6.51. The second-order valence-electron chi connectivity index (χ2n) is 9.52. The highest BCUT2D eigenvalue weighted by atomic mass is 19.4. The van der Waals surface area contributed by atoms with E-state index < -0.39 is 76.0 Å². The van der Waals surface area contributed by atoms with Gasteiger partial charge in [-0.2, -0.15) is 39.5 Å². The number of rotatable bonds is 8. The van der Waals surface area contributed by atoms with Crippen LogP contribution in [-0.2, 0) is 21.4 Å². The summed E-state index contributed by atoms with van der Waals surface area (Å²) >= 11 is 0. The van der Waals surface area contributed by atoms with Crippen molar-refractivity contribution in [2.75, 3.05) is 23.9 Å². The second kappa shape index (κ2) is 12.8. The SMILES string of the molecule is COC(=O)CCN(C(=O)c1ccccc1)c1cccc(C(=O)Nc2c(C)cc(C(F)(C(F)(F)F)C(F)(F)F)cc2C(F)(F)F)c1. The molecular weight excluding hydrogens is 630 g/mol. The van der Waals surface area contributed by atoms with E-state index >= 15 is 0 Å². The fraction of sp³-hybridized carbons (Fsp3) is 0.276. The molecule has 0 unspecified atom stereocenters. The number of carbonyl (C=O) groups excluding carboxylic acids is 3. The summed E-state index contributed by atoms with van der Waals surface area (Å²) in [6.45, 7) is 0.401. The lowest BCUT2D eigenvalue weighted by molar-refractivity contribution is -0.348. The zero-order chi connectivity index (χ0) is 34.0. The Morgan fingerprint density at radius 2 is 1.36 bits per heavy atom. The minimum absolute atomic E-state index is 0.00101. The molecule has 1 N–H and O–H groups in total. The molecule has 242 valence electrons. The van der Waals surface area contributed by atoms with Gasteiger partial charge >= 0.3 is 30.2 Å². The molecule has 0 aromatic heterocycles. The first-order valence-corrected chi connectivity index (χ1v) is 12.6. The molecule has 0 aliphatic heterocycles. The number of benzene rings is 3. The van der Waals surface area contributed by atoms with Gasteiger partial charge in [-0.25, -0.2) is 4.39 Å². The third-order valence-corrected chi connectivity index (χ3v) is 6.51. The van der Waals surface area contributed by atoms with Crippen LogP contribution in [0.1, 0.15) is 43.8 Å². The summed E-state index contributed by atoms with van der Waals surface area (Å²) in [7, 11) is 1.11. The topological polar surface area (TPSA) is 75.7 Å². The van der Waals surface area contributed by atoms with E-state index in [1.807, 2.05) is 5.32 Å². The van der Waals surface area contributed by atoms with Gasteiger partial charge in [-0.3, -0.25) is 14.4 Å². The van der Waals surface area contributed by atoms with E-state index in [2.05, 4.69) is 4.74 Å². The molecule has 0 spiro atoms. The monoisotopic (exact) mass is 652 g/mol. The highest BCUT2D eigenvalue weighted by Crippen LogP contribution is 2.54. The molecule has 3 aromatic rings. The highest BCUT2D eigenvalue weighted by molar-refractivity contribution is 6.09. The van der Waals surface area contributed by atoms with Gasteiger partial charge in [0.1, 0.15) is 0 Å². The summed E-state index contributed by atoms with van der Waals surface area (Å²) in [6.07, 6.45) is -19.3. The van der Waals surface area contributed by atoms with Crippen LogP contribution in [0.2, 0.25) is 0 Å². The summed E-state index contributed by atoms with van der Waals surface area (Å²) in [5.74, 6) is -2.63. The van der Waals surface area contributed by atoms with Crippen LogP contribution in [-0.4, -0.2) is 43.8 Å². The number of anilines is 2. The predicted octanol–water partition coefficient (Wildman–Crippen LogP) is 7.77. The Hall–Kier alpha value is -4.63. The van der Waals surface area contributed by atoms with Gasteiger partial charge in [-0.1, -0.05) is 30.3 Å². The quantitative estimate of drug-likeness (QED) is 0.199. The van der Waals surface area contributed by atoms with Crippen LogP contribution in [0.25, 0.3) is 0 Å². The van der Waals surface area contributed by atoms with Crippen LogP contribution in [0.4, 0.5) is 55.3 Å². The van der Waals surface area contributed by atoms with Crippen molar-refractivity contribution in [3.05, 3.63) is 94.5 Å². The number of aryl methyl sites for hydroxylation is 1. The number of hydrogen-bond acceptors (Lipinski definition) is 4. The number of hydrogen-bond donors (Lipinski definition) is 1. The second-order valence-corrected chi connectivity index (χ2v) is 9.52. The maximum Gasteiger partial charge on any atom is 0.435 e. The maximum absolute atomic E-state index is 14.6. The average molecular weight is 652 g/mol. The molecule has 0 aliphatic carbocycles. The lowest BCUT2D eigenvalue weighted by Gasteiger charge is -2.31. The van der Waals surface area contributed by atoms with E-state index in [1.54, 1.807) is 18.2 Å². The summed E-state index contributed by atoms with van der Waals surface area (Å²) in [4.78, 5) is 39.2. The molecule has 2 amide bonds. The first kappa shape index (κ1) is 34.9. The van der Waals surface area contributed by atoms with Gasteiger partial charge in [-0.15, -0.1) is 0 Å². The van der Waals surface area contributed by atoms with E-state index in [1.165, 1.54) is 24.3 Å². The minimum atomic E-state index is -6.68. The van der Waals surface area contributed by atoms with Gasteiger partial charge in [0, 0.05) is 28.9 Å². The van der Waals surface area contributed by atoms with Crippen molar-refractivity contribution in [2.45, 2.75) is 37.5 Å². The molecule has 0 radical (unpaired) electrons. The van der Waals surface area contributed by atoms with Gasteiger partial charge in [0.2, 0.25) is 0 Å². The molecule has 0 saturated heterocycles. The molecule has 16 heteroatoms. The smallest absolute Gasteiger partial charge is 0.435 e. The lowest BCUT2D eigenvalue weighted by atomic mass is 9.90. The Bertz CT molecular complexity index is 1550. The van der Waals surface area contributed by atoms with Crippen LogP contribution < -0.4 is 10.2 Å². The maximum atomic E-state index is 14.6. The molecule has 0 bridgehead atoms. The third kappa shape index (κ3) is 7.37. The number of alkyl halides is 10. The average Bonchev–Trinajstić information content (AvgIpc) is 2.96. The van der Waals surface area contributed by atoms with Crippen molar-refractivity contribution in [1.29, 1.82) is 0 Å². The van der Waals surface area contributed by atoms with E-state index in [9.17, 15) is 58.3 Å². The first-order chi connectivity index (χ1) is 20.7. The lowest BCUT2D eigenvalue weighted by Crippen LogP contribution is -2.50. The summed E-state index contributed by atoms with van der Waals surface area (Å²) in [6, 6.07) is 11.6. The number of halogens is 10.